The second-order valence-corrected chi connectivity index (χ2v) is 19.3. The Balaban J connectivity index is 1.20. The van der Waals surface area contributed by atoms with Gasteiger partial charge in [-0.15, -0.1) is 0 Å². The molecule has 4 heterocycles. The Hall–Kier alpha value is 1.07. The zero-order valence-electron chi connectivity index (χ0n) is 15.2. The summed E-state index contributed by atoms with van der Waals surface area (Å²) < 4.78 is 25.8. The normalized spacial score (nSPS) is 47.0. The maximum absolute atomic E-state index is 6.91. The van der Waals surface area contributed by atoms with Gasteiger partial charge < -0.3 is 0 Å². The summed E-state index contributed by atoms with van der Waals surface area (Å²) in [4.78, 5) is 0. The first-order valence-corrected chi connectivity index (χ1v) is 17.0. The molecule has 4 saturated heterocycles. The minimum atomic E-state index is -2.26. The van der Waals surface area contributed by atoms with Gasteiger partial charge in [0.1, 0.15) is 0 Å². The molecule has 0 amide bonds. The Morgan fingerprint density at radius 2 is 1.12 bits per heavy atom. The molecule has 5 nitrogen and oxygen atoms in total. The quantitative estimate of drug-likeness (QED) is 0.590. The molecule has 6 aliphatic rings. The maximum atomic E-state index is 6.91. The molecule has 0 radical (unpaired) electrons. The van der Waals surface area contributed by atoms with Gasteiger partial charge in [0, 0.05) is 0 Å². The molecule has 6 unspecified atom stereocenters. The second kappa shape index (κ2) is 6.84. The Morgan fingerprint density at radius 3 is 1.64 bits per heavy atom. The minimum absolute atomic E-state index is 0.504. The molecule has 7 heteroatoms. The van der Waals surface area contributed by atoms with Crippen LogP contribution in [0.2, 0.25) is 0 Å². The molecule has 0 aromatic carbocycles. The van der Waals surface area contributed by atoms with Crippen molar-refractivity contribution in [3.05, 3.63) is 0 Å². The van der Waals surface area contributed by atoms with E-state index >= 15 is 0 Å². The first-order chi connectivity index (χ1) is 12.4. The van der Waals surface area contributed by atoms with Gasteiger partial charge in [-0.2, -0.15) is 0 Å². The summed E-state index contributed by atoms with van der Waals surface area (Å²) in [6, 6.07) is 1.43. The third-order valence-electron chi connectivity index (χ3n) is 7.96. The van der Waals surface area contributed by atoms with Crippen LogP contribution in [0.4, 0.5) is 0 Å². The van der Waals surface area contributed by atoms with Gasteiger partial charge in [0.05, 0.1) is 0 Å². The van der Waals surface area contributed by atoms with Crippen molar-refractivity contribution >= 4 is 34.4 Å². The van der Waals surface area contributed by atoms with Gasteiger partial charge in [0.2, 0.25) is 0 Å². The van der Waals surface area contributed by atoms with Crippen LogP contribution in [-0.2, 0) is 9.38 Å². The Labute approximate surface area is 164 Å². The van der Waals surface area contributed by atoms with E-state index in [0.717, 1.165) is 11.8 Å². The van der Waals surface area contributed by atoms with Crippen LogP contribution < -0.4 is 0 Å². The molecule has 2 aliphatic carbocycles. The molecule has 6 fully saturated rings. The van der Waals surface area contributed by atoms with E-state index in [1.165, 1.54) is 77.3 Å². The first kappa shape index (κ1) is 17.0. The second-order valence-electron chi connectivity index (χ2n) is 9.22. The van der Waals surface area contributed by atoms with Crippen LogP contribution >= 0.6 is 0 Å². The van der Waals surface area contributed by atoms with Crippen molar-refractivity contribution in [2.75, 3.05) is 13.1 Å². The van der Waals surface area contributed by atoms with E-state index in [1.807, 2.05) is 0 Å². The molecular weight excluding hydrogens is 432 g/mol. The Kier molecular flexibility index (Phi) is 4.65. The Bertz CT molecular complexity index is 479. The summed E-state index contributed by atoms with van der Waals surface area (Å²) in [6.45, 7) is 2.49. The average molecular weight is 462 g/mol. The average Bonchev–Trinajstić information content (AvgIpc) is 3.18. The van der Waals surface area contributed by atoms with Crippen LogP contribution in [0, 0.1) is 11.8 Å². The van der Waals surface area contributed by atoms with Crippen LogP contribution in [0.5, 0.6) is 0 Å². The van der Waals surface area contributed by atoms with E-state index in [2.05, 4.69) is 7.21 Å². The van der Waals surface area contributed by atoms with Gasteiger partial charge >= 0.3 is 164 Å². The number of nitrogens with zero attached hydrogens (tertiary/aromatic N) is 2. The van der Waals surface area contributed by atoms with Crippen LogP contribution in [0.3, 0.4) is 0 Å². The third kappa shape index (κ3) is 2.80. The van der Waals surface area contributed by atoms with E-state index in [4.69, 9.17) is 9.38 Å². The molecule has 0 N–H and O–H groups in total. The van der Waals surface area contributed by atoms with Crippen molar-refractivity contribution in [2.24, 2.45) is 11.8 Å². The summed E-state index contributed by atoms with van der Waals surface area (Å²) in [6.07, 6.45) is 14.7. The molecule has 0 aromatic rings. The van der Waals surface area contributed by atoms with E-state index in [9.17, 15) is 0 Å². The predicted octanol–water partition coefficient (Wildman–Crippen LogP) is 2.30. The molecule has 25 heavy (non-hydrogen) atoms. The number of hydrogen-bond donors (Lipinski definition) is 0. The van der Waals surface area contributed by atoms with Crippen LogP contribution in [0.15, 0.2) is 0 Å². The fourth-order valence-electron chi connectivity index (χ4n) is 6.99. The van der Waals surface area contributed by atoms with Crippen molar-refractivity contribution in [3.63, 3.8) is 0 Å². The van der Waals surface area contributed by atoms with Crippen LogP contribution in [0.1, 0.15) is 64.2 Å². The molecule has 0 aromatic heterocycles. The standard InChI is InChI=1S/2C9H15NO.2Ga.O/c2*11-8-5-1-3-7-4-2-6-10-9(7)8;;;/h2*7-9H,1-6H2;;;/q2*-2;2*+2;. The summed E-state index contributed by atoms with van der Waals surface area (Å²) >= 11 is -4.53. The van der Waals surface area contributed by atoms with Gasteiger partial charge in [0.25, 0.3) is 0 Å². The van der Waals surface area contributed by atoms with Crippen LogP contribution in [-0.4, -0.2) is 79.0 Å². The van der Waals surface area contributed by atoms with Crippen molar-refractivity contribution in [1.29, 1.82) is 0 Å². The van der Waals surface area contributed by atoms with Gasteiger partial charge in [-0.1, -0.05) is 0 Å². The fourth-order valence-corrected chi connectivity index (χ4v) is 23.1. The van der Waals surface area contributed by atoms with E-state index in [-0.39, 0.29) is 0 Å². The molecule has 6 atom stereocenters. The molecule has 136 valence electrons. The van der Waals surface area contributed by atoms with E-state index < -0.39 is 34.4 Å². The molecule has 0 bridgehead atoms. The number of rotatable bonds is 2. The van der Waals surface area contributed by atoms with Gasteiger partial charge in [-0.25, -0.2) is 0 Å². The monoisotopic (exact) mass is 460 g/mol. The predicted molar refractivity (Wildman–Crippen MR) is 96.5 cm³/mol. The zero-order chi connectivity index (χ0) is 16.4. The van der Waals surface area contributed by atoms with Gasteiger partial charge in [-0.05, 0) is 0 Å². The van der Waals surface area contributed by atoms with Gasteiger partial charge in [-0.3, -0.25) is 0 Å². The SMILES string of the molecule is C1CC2CCC[N]3C2C(C1)[O][Ga]3[O][Ga]1[O]C2CCCC3CCC[N]1C32. The van der Waals surface area contributed by atoms with E-state index in [0.29, 0.717) is 24.3 Å². The van der Waals surface area contributed by atoms with Crippen molar-refractivity contribution in [2.45, 2.75) is 88.5 Å². The molecule has 0 spiro atoms. The zero-order valence-corrected chi connectivity index (χ0v) is 20.1. The van der Waals surface area contributed by atoms with E-state index in [1.54, 1.807) is 0 Å². The fraction of sp³-hybridized carbons (Fsp3) is 1.00. The summed E-state index contributed by atoms with van der Waals surface area (Å²) in [5.41, 5.74) is 0. The summed E-state index contributed by atoms with van der Waals surface area (Å²) in [5, 5.41) is 0. The summed E-state index contributed by atoms with van der Waals surface area (Å²) in [5.74, 6) is 1.79. The first-order valence-electron chi connectivity index (χ1n) is 10.9. The van der Waals surface area contributed by atoms with Crippen LogP contribution in [0.25, 0.3) is 0 Å². The molecule has 6 rings (SSSR count). The molecule has 2 saturated carbocycles. The third-order valence-corrected chi connectivity index (χ3v) is 21.3. The number of piperidine rings is 2. The van der Waals surface area contributed by atoms with Crippen molar-refractivity contribution in [1.82, 2.24) is 7.21 Å². The molecule has 4 aliphatic heterocycles. The molecular formula is C18H30Ga2N2O3. The van der Waals surface area contributed by atoms with Crippen molar-refractivity contribution in [3.8, 4) is 0 Å². The number of hydrogen-bond acceptors (Lipinski definition) is 5. The Morgan fingerprint density at radius 1 is 0.640 bits per heavy atom. The summed E-state index contributed by atoms with van der Waals surface area (Å²) in [7, 11) is 0. The van der Waals surface area contributed by atoms with Gasteiger partial charge in [0.15, 0.2) is 0 Å². The topological polar surface area (TPSA) is 34.2 Å². The van der Waals surface area contributed by atoms with Crippen molar-refractivity contribution < 1.29 is 9.38 Å².